The third-order valence-corrected chi connectivity index (χ3v) is 2.87. The van der Waals surface area contributed by atoms with E-state index >= 15 is 0 Å². The number of aldehydes is 1. The molecule has 0 amide bonds. The van der Waals surface area contributed by atoms with Gasteiger partial charge < -0.3 is 9.30 Å². The number of aromatic nitrogens is 2. The summed E-state index contributed by atoms with van der Waals surface area (Å²) in [6.45, 7) is 6.42. The molecule has 0 aliphatic carbocycles. The summed E-state index contributed by atoms with van der Waals surface area (Å²) >= 11 is 0. The van der Waals surface area contributed by atoms with Crippen molar-refractivity contribution in [3.63, 3.8) is 0 Å². The van der Waals surface area contributed by atoms with E-state index in [0.29, 0.717) is 18.1 Å². The van der Waals surface area contributed by atoms with E-state index in [1.165, 1.54) is 0 Å². The predicted molar refractivity (Wildman–Crippen MR) is 69.6 cm³/mol. The molecule has 4 heteroatoms. The van der Waals surface area contributed by atoms with Crippen molar-refractivity contribution in [2.24, 2.45) is 0 Å². The molecule has 2 heterocycles. The first-order valence-electron chi connectivity index (χ1n) is 5.90. The average molecular weight is 244 g/mol. The fraction of sp³-hybridized carbons (Fsp3) is 0.286. The minimum Gasteiger partial charge on any atom is -0.478 e. The summed E-state index contributed by atoms with van der Waals surface area (Å²) in [5.41, 5.74) is 3.58. The fourth-order valence-electron chi connectivity index (χ4n) is 2.04. The molecule has 0 bridgehead atoms. The van der Waals surface area contributed by atoms with Crippen molar-refractivity contribution in [3.8, 4) is 11.6 Å². The number of carbonyl (C=O) groups excluding carboxylic acids is 1. The minimum absolute atomic E-state index is 0.600. The molecule has 4 nitrogen and oxygen atoms in total. The van der Waals surface area contributed by atoms with E-state index in [2.05, 4.69) is 4.98 Å². The van der Waals surface area contributed by atoms with Crippen LogP contribution in [0.2, 0.25) is 0 Å². The lowest BCUT2D eigenvalue weighted by Gasteiger charge is -2.09. The molecule has 0 spiro atoms. The second-order valence-electron chi connectivity index (χ2n) is 4.07. The topological polar surface area (TPSA) is 44.1 Å². The SMILES string of the molecule is CCOc1ccc(-n2c(C)cc(C=O)c2C)cn1. The number of hydrogen-bond donors (Lipinski definition) is 0. The van der Waals surface area contributed by atoms with Crippen molar-refractivity contribution < 1.29 is 9.53 Å². The van der Waals surface area contributed by atoms with E-state index in [4.69, 9.17) is 4.74 Å². The largest absolute Gasteiger partial charge is 0.478 e. The molecule has 0 saturated heterocycles. The van der Waals surface area contributed by atoms with Crippen molar-refractivity contribution in [2.75, 3.05) is 6.61 Å². The molecule has 94 valence electrons. The number of ether oxygens (including phenoxy) is 1. The van der Waals surface area contributed by atoms with Crippen molar-refractivity contribution in [3.05, 3.63) is 41.3 Å². The highest BCUT2D eigenvalue weighted by Gasteiger charge is 2.10. The Morgan fingerprint density at radius 1 is 1.39 bits per heavy atom. The second kappa shape index (κ2) is 5.04. The van der Waals surface area contributed by atoms with Crippen LogP contribution < -0.4 is 4.74 Å². The standard InChI is InChI=1S/C14H16N2O2/c1-4-18-14-6-5-13(8-15-14)16-10(2)7-12(9-17)11(16)3/h5-9H,4H2,1-3H3. The fourth-order valence-corrected chi connectivity index (χ4v) is 2.04. The summed E-state index contributed by atoms with van der Waals surface area (Å²) in [6.07, 6.45) is 2.63. The number of hydrogen-bond acceptors (Lipinski definition) is 3. The van der Waals surface area contributed by atoms with Crippen LogP contribution >= 0.6 is 0 Å². The Labute approximate surface area is 106 Å². The van der Waals surface area contributed by atoms with Gasteiger partial charge >= 0.3 is 0 Å². The van der Waals surface area contributed by atoms with Gasteiger partial charge in [-0.2, -0.15) is 0 Å². The van der Waals surface area contributed by atoms with E-state index in [1.807, 2.05) is 43.5 Å². The van der Waals surface area contributed by atoms with Gasteiger partial charge in [0.2, 0.25) is 5.88 Å². The van der Waals surface area contributed by atoms with E-state index in [0.717, 1.165) is 23.4 Å². The minimum atomic E-state index is 0.600. The van der Waals surface area contributed by atoms with Crippen molar-refractivity contribution in [1.29, 1.82) is 0 Å². The molecule has 0 aliphatic rings. The molecule has 18 heavy (non-hydrogen) atoms. The van der Waals surface area contributed by atoms with Gasteiger partial charge in [-0.15, -0.1) is 0 Å². The summed E-state index contributed by atoms with van der Waals surface area (Å²) in [7, 11) is 0. The van der Waals surface area contributed by atoms with Gasteiger partial charge in [-0.05, 0) is 32.9 Å². The van der Waals surface area contributed by atoms with Gasteiger partial charge in [0.15, 0.2) is 6.29 Å². The number of carbonyl (C=O) groups is 1. The smallest absolute Gasteiger partial charge is 0.213 e. The van der Waals surface area contributed by atoms with Gasteiger partial charge in [0.25, 0.3) is 0 Å². The van der Waals surface area contributed by atoms with Crippen LogP contribution in [0.25, 0.3) is 5.69 Å². The van der Waals surface area contributed by atoms with Gasteiger partial charge in [-0.3, -0.25) is 4.79 Å². The van der Waals surface area contributed by atoms with E-state index < -0.39 is 0 Å². The maximum atomic E-state index is 10.9. The Hall–Kier alpha value is -2.10. The molecule has 0 radical (unpaired) electrons. The molecule has 0 atom stereocenters. The monoisotopic (exact) mass is 244 g/mol. The number of rotatable bonds is 4. The third-order valence-electron chi connectivity index (χ3n) is 2.87. The Bertz CT molecular complexity index is 556. The molecule has 0 aliphatic heterocycles. The van der Waals surface area contributed by atoms with Crippen LogP contribution in [-0.2, 0) is 0 Å². The van der Waals surface area contributed by atoms with Crippen LogP contribution in [0.15, 0.2) is 24.4 Å². The quantitative estimate of drug-likeness (QED) is 0.777. The third kappa shape index (κ3) is 2.14. The Kier molecular flexibility index (Phi) is 3.46. The summed E-state index contributed by atoms with van der Waals surface area (Å²) in [5.74, 6) is 0.610. The maximum absolute atomic E-state index is 10.9. The molecule has 2 rings (SSSR count). The first-order chi connectivity index (χ1) is 8.67. The number of pyridine rings is 1. The Morgan fingerprint density at radius 3 is 2.67 bits per heavy atom. The maximum Gasteiger partial charge on any atom is 0.213 e. The lowest BCUT2D eigenvalue weighted by Crippen LogP contribution is -2.01. The zero-order valence-corrected chi connectivity index (χ0v) is 10.8. The predicted octanol–water partition coefficient (Wildman–Crippen LogP) is 2.70. The van der Waals surface area contributed by atoms with Crippen molar-refractivity contribution in [1.82, 2.24) is 9.55 Å². The first kappa shape index (κ1) is 12.4. The van der Waals surface area contributed by atoms with Gasteiger partial charge in [-0.1, -0.05) is 0 Å². The first-order valence-corrected chi connectivity index (χ1v) is 5.90. The summed E-state index contributed by atoms with van der Waals surface area (Å²) in [6, 6.07) is 5.64. The summed E-state index contributed by atoms with van der Waals surface area (Å²) < 4.78 is 7.31. The van der Waals surface area contributed by atoms with Crippen molar-refractivity contribution >= 4 is 6.29 Å². The van der Waals surface area contributed by atoms with Crippen LogP contribution in [-0.4, -0.2) is 22.4 Å². The lowest BCUT2D eigenvalue weighted by atomic mass is 10.3. The molecular weight excluding hydrogens is 228 g/mol. The lowest BCUT2D eigenvalue weighted by molar-refractivity contribution is 0.112. The summed E-state index contributed by atoms with van der Waals surface area (Å²) in [4.78, 5) is 15.1. The molecule has 2 aromatic heterocycles. The Morgan fingerprint density at radius 2 is 2.17 bits per heavy atom. The molecule has 2 aromatic rings. The molecule has 0 saturated carbocycles. The molecule has 0 N–H and O–H groups in total. The van der Waals surface area contributed by atoms with Crippen molar-refractivity contribution in [2.45, 2.75) is 20.8 Å². The van der Waals surface area contributed by atoms with Gasteiger partial charge in [-0.25, -0.2) is 4.98 Å². The van der Waals surface area contributed by atoms with Gasteiger partial charge in [0, 0.05) is 23.0 Å². The highest BCUT2D eigenvalue weighted by molar-refractivity contribution is 5.77. The van der Waals surface area contributed by atoms with Crippen LogP contribution in [0.3, 0.4) is 0 Å². The molecule has 0 aromatic carbocycles. The Balaban J connectivity index is 2.42. The van der Waals surface area contributed by atoms with Gasteiger partial charge in [0.1, 0.15) is 0 Å². The number of aryl methyl sites for hydroxylation is 1. The van der Waals surface area contributed by atoms with Crippen LogP contribution in [0.5, 0.6) is 5.88 Å². The average Bonchev–Trinajstić information content (AvgIpc) is 2.66. The highest BCUT2D eigenvalue weighted by atomic mass is 16.5. The van der Waals surface area contributed by atoms with Crippen LogP contribution in [0.4, 0.5) is 0 Å². The zero-order chi connectivity index (χ0) is 13.1. The highest BCUT2D eigenvalue weighted by Crippen LogP contribution is 2.20. The van der Waals surface area contributed by atoms with E-state index in [1.54, 1.807) is 6.20 Å². The van der Waals surface area contributed by atoms with E-state index in [-0.39, 0.29) is 0 Å². The summed E-state index contributed by atoms with van der Waals surface area (Å²) in [5, 5.41) is 0. The van der Waals surface area contributed by atoms with Gasteiger partial charge in [0.05, 0.1) is 18.5 Å². The van der Waals surface area contributed by atoms with Crippen LogP contribution in [0.1, 0.15) is 28.7 Å². The zero-order valence-electron chi connectivity index (χ0n) is 10.8. The molecular formula is C14H16N2O2. The molecule has 0 fully saturated rings. The van der Waals surface area contributed by atoms with Crippen LogP contribution in [0, 0.1) is 13.8 Å². The van der Waals surface area contributed by atoms with E-state index in [9.17, 15) is 4.79 Å². The normalized spacial score (nSPS) is 10.4. The molecule has 0 unspecified atom stereocenters. The second-order valence-corrected chi connectivity index (χ2v) is 4.07. The number of nitrogens with zero attached hydrogens (tertiary/aromatic N) is 2.